The molecule has 2 heterocycles. The maximum atomic E-state index is 13.7. The van der Waals surface area contributed by atoms with Gasteiger partial charge in [-0.1, -0.05) is 54.9 Å². The second kappa shape index (κ2) is 8.47. The molecule has 1 amide bonds. The van der Waals surface area contributed by atoms with Crippen molar-refractivity contribution in [1.82, 2.24) is 19.9 Å². The Morgan fingerprint density at radius 1 is 1.19 bits per heavy atom. The molecule has 7 heteroatoms. The third kappa shape index (κ3) is 3.81. The van der Waals surface area contributed by atoms with Crippen molar-refractivity contribution in [1.29, 1.82) is 0 Å². The number of H-pyrrole nitrogens is 1. The summed E-state index contributed by atoms with van der Waals surface area (Å²) in [5.74, 6) is 0.212. The van der Waals surface area contributed by atoms with Gasteiger partial charge in [-0.3, -0.25) is 14.2 Å². The molecule has 1 saturated carbocycles. The van der Waals surface area contributed by atoms with Crippen LogP contribution in [0.1, 0.15) is 36.8 Å². The first kappa shape index (κ1) is 20.8. The lowest BCUT2D eigenvalue weighted by Gasteiger charge is -2.16. The van der Waals surface area contributed by atoms with Crippen LogP contribution in [0.2, 0.25) is 0 Å². The molecule has 0 spiro atoms. The van der Waals surface area contributed by atoms with Gasteiger partial charge in [-0.25, -0.2) is 4.98 Å². The molecule has 2 aromatic heterocycles. The summed E-state index contributed by atoms with van der Waals surface area (Å²) >= 11 is 1.31. The van der Waals surface area contributed by atoms with E-state index >= 15 is 0 Å². The summed E-state index contributed by atoms with van der Waals surface area (Å²) in [4.78, 5) is 34.4. The van der Waals surface area contributed by atoms with Gasteiger partial charge >= 0.3 is 0 Å². The lowest BCUT2D eigenvalue weighted by atomic mass is 10.1. The molecule has 0 saturated heterocycles. The standard InChI is InChI=1S/C25H26N4O2S/c1-15-11-12-16(2)20(13-15)29-24(31)23-22(18-9-5-6-10-19(18)27-23)28-25(29)32-14-21(30)26-17-7-3-4-8-17/h5-6,9-13,17,27H,3-4,7-8,14H2,1-2H3,(H,26,30). The van der Waals surface area contributed by atoms with Crippen molar-refractivity contribution in [2.45, 2.75) is 50.7 Å². The molecular formula is C25H26N4O2S. The fraction of sp³-hybridized carbons (Fsp3) is 0.320. The minimum atomic E-state index is -0.154. The van der Waals surface area contributed by atoms with Crippen LogP contribution in [-0.4, -0.2) is 32.2 Å². The molecule has 32 heavy (non-hydrogen) atoms. The average molecular weight is 447 g/mol. The van der Waals surface area contributed by atoms with Crippen molar-refractivity contribution < 1.29 is 4.79 Å². The van der Waals surface area contributed by atoms with Crippen molar-refractivity contribution in [3.63, 3.8) is 0 Å². The monoisotopic (exact) mass is 446 g/mol. The normalized spacial score (nSPS) is 14.4. The first-order chi connectivity index (χ1) is 15.5. The van der Waals surface area contributed by atoms with Crippen LogP contribution in [0.15, 0.2) is 52.4 Å². The third-order valence-electron chi connectivity index (χ3n) is 6.15. The lowest BCUT2D eigenvalue weighted by molar-refractivity contribution is -0.119. The summed E-state index contributed by atoms with van der Waals surface area (Å²) in [5, 5.41) is 4.56. The number of nitrogens with zero attached hydrogens (tertiary/aromatic N) is 2. The number of nitrogens with one attached hydrogen (secondary N) is 2. The zero-order valence-corrected chi connectivity index (χ0v) is 19.1. The number of carbonyl (C=O) groups is 1. The average Bonchev–Trinajstić information content (AvgIpc) is 3.42. The van der Waals surface area contributed by atoms with Crippen LogP contribution in [0.25, 0.3) is 27.6 Å². The van der Waals surface area contributed by atoms with E-state index in [0.29, 0.717) is 16.2 Å². The molecule has 164 valence electrons. The van der Waals surface area contributed by atoms with Crippen LogP contribution in [0.5, 0.6) is 0 Å². The van der Waals surface area contributed by atoms with Crippen LogP contribution >= 0.6 is 11.8 Å². The maximum absolute atomic E-state index is 13.7. The first-order valence-electron chi connectivity index (χ1n) is 11.0. The largest absolute Gasteiger partial charge is 0.353 e. The van der Waals surface area contributed by atoms with Crippen LogP contribution in [0, 0.1) is 13.8 Å². The van der Waals surface area contributed by atoms with E-state index in [1.807, 2.05) is 56.3 Å². The molecule has 0 unspecified atom stereocenters. The zero-order valence-electron chi connectivity index (χ0n) is 18.3. The summed E-state index contributed by atoms with van der Waals surface area (Å²) in [6.45, 7) is 3.99. The van der Waals surface area contributed by atoms with Gasteiger partial charge in [-0.05, 0) is 49.9 Å². The van der Waals surface area contributed by atoms with E-state index in [4.69, 9.17) is 4.98 Å². The molecule has 5 rings (SSSR count). The van der Waals surface area contributed by atoms with Gasteiger partial charge in [0.1, 0.15) is 11.0 Å². The summed E-state index contributed by atoms with van der Waals surface area (Å²) in [6.07, 6.45) is 4.43. The molecule has 0 bridgehead atoms. The van der Waals surface area contributed by atoms with E-state index in [2.05, 4.69) is 10.3 Å². The number of para-hydroxylation sites is 1. The minimum absolute atomic E-state index is 0.0114. The molecule has 2 N–H and O–H groups in total. The molecule has 0 atom stereocenters. The van der Waals surface area contributed by atoms with E-state index in [0.717, 1.165) is 40.6 Å². The second-order valence-corrected chi connectivity index (χ2v) is 9.50. The number of amides is 1. The molecule has 1 aliphatic rings. The lowest BCUT2D eigenvalue weighted by Crippen LogP contribution is -2.34. The fourth-order valence-corrected chi connectivity index (χ4v) is 5.29. The Morgan fingerprint density at radius 2 is 1.97 bits per heavy atom. The molecule has 6 nitrogen and oxygen atoms in total. The number of hydrogen-bond acceptors (Lipinski definition) is 4. The van der Waals surface area contributed by atoms with E-state index in [1.165, 1.54) is 24.6 Å². The Bertz CT molecular complexity index is 1380. The molecule has 0 radical (unpaired) electrons. The van der Waals surface area contributed by atoms with Crippen molar-refractivity contribution in [3.8, 4) is 5.69 Å². The fourth-order valence-electron chi connectivity index (χ4n) is 4.48. The van der Waals surface area contributed by atoms with Crippen LogP contribution in [-0.2, 0) is 4.79 Å². The topological polar surface area (TPSA) is 79.8 Å². The SMILES string of the molecule is Cc1ccc(C)c(-n2c(SCC(=O)NC3CCCC3)nc3c([nH]c4ccccc43)c2=O)c1. The molecular weight excluding hydrogens is 420 g/mol. The Kier molecular flexibility index (Phi) is 5.51. The highest BCUT2D eigenvalue weighted by Crippen LogP contribution is 2.27. The molecule has 1 aliphatic carbocycles. The highest BCUT2D eigenvalue weighted by molar-refractivity contribution is 7.99. The van der Waals surface area contributed by atoms with E-state index in [-0.39, 0.29) is 23.3 Å². The smallest absolute Gasteiger partial charge is 0.283 e. The zero-order chi connectivity index (χ0) is 22.2. The van der Waals surface area contributed by atoms with Gasteiger partial charge < -0.3 is 10.3 Å². The van der Waals surface area contributed by atoms with Crippen molar-refractivity contribution >= 4 is 39.6 Å². The predicted molar refractivity (Wildman–Crippen MR) is 130 cm³/mol. The van der Waals surface area contributed by atoms with Crippen LogP contribution in [0.4, 0.5) is 0 Å². The predicted octanol–water partition coefficient (Wildman–Crippen LogP) is 4.63. The summed E-state index contributed by atoms with van der Waals surface area (Å²) in [6, 6.07) is 14.1. The number of benzene rings is 2. The number of fused-ring (bicyclic) bond motifs is 3. The van der Waals surface area contributed by atoms with Gasteiger partial charge in [0, 0.05) is 16.9 Å². The van der Waals surface area contributed by atoms with Crippen molar-refractivity contribution in [2.24, 2.45) is 0 Å². The number of rotatable bonds is 5. The molecule has 2 aromatic carbocycles. The Labute approximate surface area is 190 Å². The van der Waals surface area contributed by atoms with Crippen molar-refractivity contribution in [2.75, 3.05) is 5.75 Å². The quantitative estimate of drug-likeness (QED) is 0.346. The van der Waals surface area contributed by atoms with Crippen molar-refractivity contribution in [3.05, 3.63) is 63.9 Å². The minimum Gasteiger partial charge on any atom is -0.353 e. The molecule has 4 aromatic rings. The number of aromatic nitrogens is 3. The van der Waals surface area contributed by atoms with E-state index < -0.39 is 0 Å². The number of hydrogen-bond donors (Lipinski definition) is 2. The Balaban J connectivity index is 1.61. The highest BCUT2D eigenvalue weighted by Gasteiger charge is 2.21. The van der Waals surface area contributed by atoms with Gasteiger partial charge in [-0.15, -0.1) is 0 Å². The number of thioether (sulfide) groups is 1. The first-order valence-corrected chi connectivity index (χ1v) is 12.0. The van der Waals surface area contributed by atoms with Gasteiger partial charge in [0.25, 0.3) is 5.56 Å². The number of carbonyl (C=O) groups excluding carboxylic acids is 1. The van der Waals surface area contributed by atoms with E-state index in [1.54, 1.807) is 4.57 Å². The van der Waals surface area contributed by atoms with Crippen LogP contribution < -0.4 is 10.9 Å². The van der Waals surface area contributed by atoms with Gasteiger partial charge in [0.15, 0.2) is 5.16 Å². The Morgan fingerprint density at radius 3 is 2.78 bits per heavy atom. The van der Waals surface area contributed by atoms with Gasteiger partial charge in [-0.2, -0.15) is 0 Å². The molecule has 1 fully saturated rings. The van der Waals surface area contributed by atoms with Gasteiger partial charge in [0.2, 0.25) is 5.91 Å². The summed E-state index contributed by atoms with van der Waals surface area (Å²) in [7, 11) is 0. The number of aryl methyl sites for hydroxylation is 2. The second-order valence-electron chi connectivity index (χ2n) is 8.56. The van der Waals surface area contributed by atoms with Crippen LogP contribution in [0.3, 0.4) is 0 Å². The summed E-state index contributed by atoms with van der Waals surface area (Å²) in [5.41, 5.74) is 4.68. The molecule has 0 aliphatic heterocycles. The number of aromatic amines is 1. The highest BCUT2D eigenvalue weighted by atomic mass is 32.2. The van der Waals surface area contributed by atoms with Gasteiger partial charge in [0.05, 0.1) is 11.4 Å². The summed E-state index contributed by atoms with van der Waals surface area (Å²) < 4.78 is 1.65. The third-order valence-corrected chi connectivity index (χ3v) is 7.09. The van der Waals surface area contributed by atoms with E-state index in [9.17, 15) is 9.59 Å². The Hall–Kier alpha value is -3.06. The maximum Gasteiger partial charge on any atom is 0.283 e.